The molecule has 0 aromatic carbocycles. The second-order valence-corrected chi connectivity index (χ2v) is 15.4. The molecule has 5 rings (SSSR count). The van der Waals surface area contributed by atoms with Crippen LogP contribution >= 0.6 is 0 Å². The maximum absolute atomic E-state index is 12.5. The quantitative estimate of drug-likeness (QED) is 0.0770. The molecule has 354 valence electrons. The van der Waals surface area contributed by atoms with Crippen LogP contribution in [0.15, 0.2) is 0 Å². The molecule has 5 heterocycles. The number of rotatable bonds is 14. The lowest BCUT2D eigenvalue weighted by molar-refractivity contribution is -0.388. The molecule has 5 fully saturated rings. The second-order valence-electron chi connectivity index (χ2n) is 15.4. The van der Waals surface area contributed by atoms with Gasteiger partial charge in [-0.1, -0.05) is 0 Å². The fraction of sp³-hybridized carbons (Fsp3) is 0.941. The summed E-state index contributed by atoms with van der Waals surface area (Å²) in [7, 11) is 0. The Labute approximate surface area is 346 Å². The summed E-state index contributed by atoms with van der Waals surface area (Å²) in [6.07, 6.45) is -41.5. The van der Waals surface area contributed by atoms with Crippen molar-refractivity contribution in [2.24, 2.45) is 0 Å². The minimum atomic E-state index is -2.17. The molecule has 5 saturated heterocycles. The van der Waals surface area contributed by atoms with E-state index in [9.17, 15) is 81.1 Å². The maximum Gasteiger partial charge on any atom is 0.217 e. The number of hydrogen-bond acceptors (Lipinski definition) is 25. The molecule has 5 aliphatic rings. The van der Waals surface area contributed by atoms with E-state index in [2.05, 4.69) is 10.6 Å². The van der Waals surface area contributed by atoms with Crippen molar-refractivity contribution in [1.82, 2.24) is 10.6 Å². The fourth-order valence-electron chi connectivity index (χ4n) is 7.79. The van der Waals surface area contributed by atoms with Crippen LogP contribution in [0.25, 0.3) is 0 Å². The van der Waals surface area contributed by atoms with Crippen molar-refractivity contribution in [3.63, 3.8) is 0 Å². The van der Waals surface area contributed by atoms with E-state index in [4.69, 9.17) is 42.6 Å². The molecule has 0 bridgehead atoms. The van der Waals surface area contributed by atoms with Crippen LogP contribution in [0.2, 0.25) is 0 Å². The molecule has 0 aliphatic carbocycles. The van der Waals surface area contributed by atoms with Crippen molar-refractivity contribution in [3.05, 3.63) is 0 Å². The third-order valence-electron chi connectivity index (χ3n) is 11.1. The molecule has 0 spiro atoms. The van der Waals surface area contributed by atoms with E-state index in [1.807, 2.05) is 0 Å². The van der Waals surface area contributed by atoms with Crippen LogP contribution in [-0.2, 0) is 52.2 Å². The predicted octanol–water partition coefficient (Wildman–Crippen LogP) is -10.6. The van der Waals surface area contributed by atoms with Gasteiger partial charge in [0.2, 0.25) is 11.8 Å². The highest BCUT2D eigenvalue weighted by Gasteiger charge is 2.57. The monoisotopic (exact) mass is 894 g/mol. The molecule has 27 nitrogen and oxygen atoms in total. The number of aliphatic hydroxyl groups excluding tert-OH is 14. The third-order valence-corrected chi connectivity index (χ3v) is 11.1. The van der Waals surface area contributed by atoms with Gasteiger partial charge in [-0.25, -0.2) is 0 Å². The summed E-state index contributed by atoms with van der Waals surface area (Å²) in [5.74, 6) is -1.41. The van der Waals surface area contributed by atoms with Gasteiger partial charge in [0.25, 0.3) is 0 Å². The van der Waals surface area contributed by atoms with Gasteiger partial charge in [0.1, 0.15) is 110 Å². The van der Waals surface area contributed by atoms with Crippen LogP contribution in [0.1, 0.15) is 20.8 Å². The topological polar surface area (TPSA) is 424 Å². The number of carbonyl (C=O) groups is 2. The van der Waals surface area contributed by atoms with Crippen LogP contribution in [0.4, 0.5) is 0 Å². The molecule has 25 atom stereocenters. The van der Waals surface area contributed by atoms with Crippen molar-refractivity contribution >= 4 is 11.8 Å². The van der Waals surface area contributed by atoms with Crippen molar-refractivity contribution < 1.29 is 124 Å². The van der Waals surface area contributed by atoms with Gasteiger partial charge in [-0.15, -0.1) is 0 Å². The van der Waals surface area contributed by atoms with Gasteiger partial charge in [-0.05, 0) is 6.92 Å². The van der Waals surface area contributed by atoms with Crippen LogP contribution in [0, 0.1) is 0 Å². The van der Waals surface area contributed by atoms with Crippen molar-refractivity contribution in [1.29, 1.82) is 0 Å². The van der Waals surface area contributed by atoms with Gasteiger partial charge >= 0.3 is 0 Å². The van der Waals surface area contributed by atoms with Gasteiger partial charge in [0.15, 0.2) is 31.5 Å². The molecule has 0 unspecified atom stereocenters. The third kappa shape index (κ3) is 10.8. The summed E-state index contributed by atoms with van der Waals surface area (Å²) in [6, 6.07) is -2.97. The summed E-state index contributed by atoms with van der Waals surface area (Å²) in [4.78, 5) is 24.4. The summed E-state index contributed by atoms with van der Waals surface area (Å²) in [6.45, 7) is -0.112. The predicted molar refractivity (Wildman–Crippen MR) is 188 cm³/mol. The van der Waals surface area contributed by atoms with E-state index in [1.54, 1.807) is 0 Å². The molecular weight excluding hydrogens is 836 g/mol. The molecule has 0 aromatic rings. The average molecular weight is 895 g/mol. The maximum atomic E-state index is 12.5. The van der Waals surface area contributed by atoms with Crippen LogP contribution in [0.5, 0.6) is 0 Å². The van der Waals surface area contributed by atoms with E-state index >= 15 is 0 Å². The molecule has 0 saturated carbocycles. The number of hydrogen-bond donors (Lipinski definition) is 16. The average Bonchev–Trinajstić information content (AvgIpc) is 3.21. The lowest BCUT2D eigenvalue weighted by Crippen LogP contribution is -2.70. The Morgan fingerprint density at radius 1 is 0.426 bits per heavy atom. The number of aliphatic hydroxyl groups is 14. The number of ether oxygens (including phenoxy) is 9. The Balaban J connectivity index is 1.39. The van der Waals surface area contributed by atoms with E-state index in [-0.39, 0.29) is 0 Å². The largest absolute Gasteiger partial charge is 0.394 e. The number of nitrogens with one attached hydrogen (secondary N) is 2. The number of carbonyl (C=O) groups excluding carboxylic acids is 2. The molecular formula is C34H58N2O25. The Morgan fingerprint density at radius 3 is 1.21 bits per heavy atom. The van der Waals surface area contributed by atoms with E-state index in [1.165, 1.54) is 6.92 Å². The summed E-state index contributed by atoms with van der Waals surface area (Å²) in [5, 5.41) is 154. The molecule has 0 radical (unpaired) electrons. The second kappa shape index (κ2) is 21.3. The van der Waals surface area contributed by atoms with Gasteiger partial charge in [-0.3, -0.25) is 9.59 Å². The SMILES string of the molecule is CC(=O)N[C@@H]1[C@@H](O)[C@H](O[C@H]2[C@@H](O)[C@@H](CO)O[C@@H](O[C@H]3[C@@H](O)[C@@H](CO)O[C@H](O[C@@H]4[C@H](O)[C@@H](O[C@@H]5[C@H](O)[C@@H](O)O[C@H](CO)[C@H]5O)O[C@H](CO)[C@H]4O)[C@@H]3O)[C@@H]2NC(C)=O)O[C@H](C)[C@H]1O. The van der Waals surface area contributed by atoms with Crippen molar-refractivity contribution in [2.75, 3.05) is 26.4 Å². The Kier molecular flexibility index (Phi) is 17.5. The molecule has 0 aromatic heterocycles. The first kappa shape index (κ1) is 50.0. The lowest BCUT2D eigenvalue weighted by Gasteiger charge is -2.50. The van der Waals surface area contributed by atoms with Crippen LogP contribution in [0.3, 0.4) is 0 Å². The van der Waals surface area contributed by atoms with Gasteiger partial charge in [0, 0.05) is 13.8 Å². The summed E-state index contributed by atoms with van der Waals surface area (Å²) < 4.78 is 50.6. The number of amides is 2. The Hall–Kier alpha value is -1.98. The Bertz CT molecular complexity index is 1420. The van der Waals surface area contributed by atoms with Gasteiger partial charge in [-0.2, -0.15) is 0 Å². The highest BCUT2D eigenvalue weighted by Crippen LogP contribution is 2.36. The molecule has 61 heavy (non-hydrogen) atoms. The minimum Gasteiger partial charge on any atom is -0.394 e. The zero-order valence-electron chi connectivity index (χ0n) is 33.0. The first-order chi connectivity index (χ1) is 28.8. The fourth-order valence-corrected chi connectivity index (χ4v) is 7.79. The normalized spacial score (nSPS) is 49.6. The van der Waals surface area contributed by atoms with E-state index in [0.29, 0.717) is 0 Å². The molecule has 2 amide bonds. The highest BCUT2D eigenvalue weighted by atomic mass is 16.8. The van der Waals surface area contributed by atoms with E-state index in [0.717, 1.165) is 13.8 Å². The first-order valence-corrected chi connectivity index (χ1v) is 19.5. The first-order valence-electron chi connectivity index (χ1n) is 19.5. The van der Waals surface area contributed by atoms with Crippen LogP contribution < -0.4 is 10.6 Å². The van der Waals surface area contributed by atoms with Gasteiger partial charge < -0.3 is 125 Å². The highest BCUT2D eigenvalue weighted by molar-refractivity contribution is 5.73. The molecule has 5 aliphatic heterocycles. The van der Waals surface area contributed by atoms with Crippen LogP contribution in [-0.4, -0.2) is 263 Å². The summed E-state index contributed by atoms with van der Waals surface area (Å²) in [5.41, 5.74) is 0. The summed E-state index contributed by atoms with van der Waals surface area (Å²) >= 11 is 0. The zero-order valence-corrected chi connectivity index (χ0v) is 33.0. The van der Waals surface area contributed by atoms with Crippen molar-refractivity contribution in [2.45, 2.75) is 174 Å². The zero-order chi connectivity index (χ0) is 45.2. The smallest absolute Gasteiger partial charge is 0.217 e. The lowest BCUT2D eigenvalue weighted by atomic mass is 9.93. The Morgan fingerprint density at radius 2 is 0.770 bits per heavy atom. The van der Waals surface area contributed by atoms with Gasteiger partial charge in [0.05, 0.1) is 38.6 Å². The minimum absolute atomic E-state index is 0.626. The molecule has 16 N–H and O–H groups in total. The standard InChI is InChI=1S/C34H58N2O25/c1-8-17(43)15(35-9(2)41)22(48)32(53-8)58-26-16(36-10(3)42)31(55-12(5-38)18(26)44)59-28-20(46)13(6-39)57-34(24(28)50)61-29-21(47)14(7-40)56-33(25(29)51)60-27-19(45)11(4-37)54-30(52)23(27)49/h8,11-34,37-40,43-52H,4-7H2,1-3H3,(H,35,41)(H,36,42)/t8-,11-,12-,13-,14-,15+,16-,17-,18+,19-,20+,21-,22-,23+,24-,25+,26-,27+,28+,29+,30+,31+,32+,33-,34-/m1/s1. The molecule has 27 heteroatoms. The van der Waals surface area contributed by atoms with Crippen molar-refractivity contribution in [3.8, 4) is 0 Å². The van der Waals surface area contributed by atoms with E-state index < -0.39 is 192 Å².